The number of aromatic nitrogens is 1. The molecule has 0 aliphatic rings. The van der Waals surface area contributed by atoms with Gasteiger partial charge in [0.15, 0.2) is 0 Å². The fourth-order valence-electron chi connectivity index (χ4n) is 5.73. The van der Waals surface area contributed by atoms with Crippen LogP contribution in [0.4, 0.5) is 0 Å². The molecule has 0 fully saturated rings. The van der Waals surface area contributed by atoms with Gasteiger partial charge < -0.3 is 8.98 Å². The van der Waals surface area contributed by atoms with E-state index in [1.165, 1.54) is 43.4 Å². The summed E-state index contributed by atoms with van der Waals surface area (Å²) in [6, 6.07) is 41.1. The van der Waals surface area contributed by atoms with Crippen molar-refractivity contribution in [2.24, 2.45) is 0 Å². The molecule has 2 heterocycles. The van der Waals surface area contributed by atoms with Gasteiger partial charge in [0.05, 0.1) is 11.0 Å². The average molecular weight is 434 g/mol. The molecule has 8 rings (SSSR count). The van der Waals surface area contributed by atoms with Crippen LogP contribution in [0.5, 0.6) is 0 Å². The molecule has 2 heteroatoms. The third kappa shape index (κ3) is 2.24. The Balaban J connectivity index is 1.51. The van der Waals surface area contributed by atoms with Crippen LogP contribution in [-0.2, 0) is 0 Å². The zero-order valence-electron chi connectivity index (χ0n) is 18.3. The van der Waals surface area contributed by atoms with Gasteiger partial charge in [-0.1, -0.05) is 84.9 Å². The topological polar surface area (TPSA) is 18.1 Å². The van der Waals surface area contributed by atoms with Crippen molar-refractivity contribution in [1.82, 2.24) is 4.57 Å². The van der Waals surface area contributed by atoms with Crippen molar-refractivity contribution in [3.63, 3.8) is 0 Å². The minimum Gasteiger partial charge on any atom is -0.455 e. The molecule has 0 aliphatic heterocycles. The predicted octanol–water partition coefficient (Wildman–Crippen LogP) is 8.99. The van der Waals surface area contributed by atoms with Crippen LogP contribution in [0, 0.1) is 0 Å². The molecule has 0 spiro atoms. The van der Waals surface area contributed by atoms with Gasteiger partial charge in [0, 0.05) is 38.7 Å². The maximum Gasteiger partial charge on any atom is 0.143 e. The summed E-state index contributed by atoms with van der Waals surface area (Å²) in [5, 5.41) is 9.76. The normalized spacial score (nSPS) is 12.1. The van der Waals surface area contributed by atoms with Gasteiger partial charge in [-0.15, -0.1) is 0 Å². The molecule has 0 bridgehead atoms. The monoisotopic (exact) mass is 433 g/mol. The van der Waals surface area contributed by atoms with Crippen LogP contribution >= 0.6 is 0 Å². The molecule has 0 unspecified atom stereocenters. The summed E-state index contributed by atoms with van der Waals surface area (Å²) in [6.07, 6.45) is 0. The Morgan fingerprint density at radius 3 is 1.65 bits per heavy atom. The van der Waals surface area contributed by atoms with Crippen molar-refractivity contribution in [1.29, 1.82) is 0 Å². The maximum absolute atomic E-state index is 6.62. The van der Waals surface area contributed by atoms with Crippen LogP contribution in [-0.4, -0.2) is 4.57 Å². The van der Waals surface area contributed by atoms with Crippen LogP contribution in [0.15, 0.2) is 120 Å². The Hall–Kier alpha value is -4.56. The summed E-state index contributed by atoms with van der Waals surface area (Å²) in [5.74, 6) is 0. The van der Waals surface area contributed by atoms with E-state index in [9.17, 15) is 0 Å². The van der Waals surface area contributed by atoms with E-state index >= 15 is 0 Å². The number of rotatable bonds is 1. The molecule has 2 nitrogen and oxygen atoms in total. The predicted molar refractivity (Wildman–Crippen MR) is 143 cm³/mol. The minimum atomic E-state index is 0.913. The summed E-state index contributed by atoms with van der Waals surface area (Å²) in [7, 11) is 0. The molecule has 0 saturated carbocycles. The van der Waals surface area contributed by atoms with Crippen LogP contribution in [0.1, 0.15) is 0 Å². The second-order valence-electron chi connectivity index (χ2n) is 8.95. The lowest BCUT2D eigenvalue weighted by Gasteiger charge is -2.08. The quantitative estimate of drug-likeness (QED) is 0.236. The molecule has 0 saturated heterocycles. The minimum absolute atomic E-state index is 0.913. The highest BCUT2D eigenvalue weighted by Gasteiger charge is 2.17. The van der Waals surface area contributed by atoms with Crippen molar-refractivity contribution in [3.05, 3.63) is 115 Å². The fraction of sp³-hybridized carbons (Fsp3) is 0. The molecule has 0 aliphatic carbocycles. The van der Waals surface area contributed by atoms with Gasteiger partial charge >= 0.3 is 0 Å². The van der Waals surface area contributed by atoms with Gasteiger partial charge in [0.2, 0.25) is 0 Å². The van der Waals surface area contributed by atoms with Crippen molar-refractivity contribution >= 4 is 65.3 Å². The molecule has 34 heavy (non-hydrogen) atoms. The van der Waals surface area contributed by atoms with Gasteiger partial charge in [0.1, 0.15) is 11.2 Å². The Kier molecular flexibility index (Phi) is 3.42. The second-order valence-corrected chi connectivity index (χ2v) is 8.95. The number of hydrogen-bond donors (Lipinski definition) is 0. The molecule has 0 N–H and O–H groups in total. The van der Waals surface area contributed by atoms with E-state index in [1.54, 1.807) is 0 Å². The summed E-state index contributed by atoms with van der Waals surface area (Å²) in [4.78, 5) is 0. The number of benzene rings is 6. The molecule has 0 radical (unpaired) electrons. The molecule has 158 valence electrons. The van der Waals surface area contributed by atoms with Crippen molar-refractivity contribution in [2.45, 2.75) is 0 Å². The van der Waals surface area contributed by atoms with E-state index in [0.717, 1.165) is 27.6 Å². The first-order valence-electron chi connectivity index (χ1n) is 11.6. The number of nitrogens with zero attached hydrogens (tertiary/aromatic N) is 1. The first-order chi connectivity index (χ1) is 16.9. The smallest absolute Gasteiger partial charge is 0.143 e. The van der Waals surface area contributed by atoms with Gasteiger partial charge in [-0.2, -0.15) is 0 Å². The zero-order valence-corrected chi connectivity index (χ0v) is 18.3. The first-order valence-corrected chi connectivity index (χ1v) is 11.6. The molecule has 0 atom stereocenters. The van der Waals surface area contributed by atoms with Crippen molar-refractivity contribution in [3.8, 4) is 5.69 Å². The van der Waals surface area contributed by atoms with Crippen LogP contribution in [0.25, 0.3) is 71.0 Å². The van der Waals surface area contributed by atoms with Gasteiger partial charge in [-0.25, -0.2) is 0 Å². The molecule has 6 aromatic carbocycles. The second kappa shape index (κ2) is 6.49. The van der Waals surface area contributed by atoms with E-state index in [4.69, 9.17) is 4.42 Å². The number of fused-ring (bicyclic) bond motifs is 11. The standard InChI is InChI=1S/C32H19NO/c1-3-13-25-21(9-1)22-10-2-4-14-26(22)32-31(25)27-18-17-20(19-30(27)34-32)33-28-15-7-5-11-23(28)24-12-6-8-16-29(24)33/h1-19H. The van der Waals surface area contributed by atoms with E-state index in [0.29, 0.717) is 0 Å². The summed E-state index contributed by atoms with van der Waals surface area (Å²) in [5.41, 5.74) is 5.39. The van der Waals surface area contributed by atoms with E-state index in [2.05, 4.69) is 120 Å². The molecule has 0 amide bonds. The number of furan rings is 1. The summed E-state index contributed by atoms with van der Waals surface area (Å²) in [6.45, 7) is 0. The van der Waals surface area contributed by atoms with Crippen LogP contribution in [0.2, 0.25) is 0 Å². The van der Waals surface area contributed by atoms with Gasteiger partial charge in [0.25, 0.3) is 0 Å². The molecular formula is C32H19NO. The highest BCUT2D eigenvalue weighted by molar-refractivity contribution is 6.30. The largest absolute Gasteiger partial charge is 0.455 e. The third-order valence-electron chi connectivity index (χ3n) is 7.17. The highest BCUT2D eigenvalue weighted by atomic mass is 16.3. The third-order valence-corrected chi connectivity index (χ3v) is 7.17. The van der Waals surface area contributed by atoms with Gasteiger partial charge in [-0.3, -0.25) is 0 Å². The Bertz CT molecular complexity index is 2020. The Morgan fingerprint density at radius 2 is 0.971 bits per heavy atom. The van der Waals surface area contributed by atoms with Crippen molar-refractivity contribution < 1.29 is 4.42 Å². The summed E-state index contributed by atoms with van der Waals surface area (Å²) >= 11 is 0. The van der Waals surface area contributed by atoms with Crippen LogP contribution < -0.4 is 0 Å². The van der Waals surface area contributed by atoms with Crippen molar-refractivity contribution in [2.75, 3.05) is 0 Å². The molecule has 2 aromatic heterocycles. The Morgan fingerprint density at radius 1 is 0.441 bits per heavy atom. The average Bonchev–Trinajstić information content (AvgIpc) is 3.45. The maximum atomic E-state index is 6.62. The zero-order chi connectivity index (χ0) is 22.2. The summed E-state index contributed by atoms with van der Waals surface area (Å²) < 4.78 is 8.96. The molecular weight excluding hydrogens is 414 g/mol. The fourth-order valence-corrected chi connectivity index (χ4v) is 5.73. The van der Waals surface area contributed by atoms with E-state index < -0.39 is 0 Å². The lowest BCUT2D eigenvalue weighted by molar-refractivity contribution is 0.672. The van der Waals surface area contributed by atoms with Gasteiger partial charge in [-0.05, 0) is 40.4 Å². The highest BCUT2D eigenvalue weighted by Crippen LogP contribution is 2.41. The lowest BCUT2D eigenvalue weighted by atomic mass is 9.97. The van der Waals surface area contributed by atoms with E-state index in [-0.39, 0.29) is 0 Å². The van der Waals surface area contributed by atoms with E-state index in [1.807, 2.05) is 0 Å². The number of hydrogen-bond acceptors (Lipinski definition) is 1. The SMILES string of the molecule is c1ccc2c(c1)c1ccccc1c1c3ccc(-n4c5ccccc5c5ccccc54)cc3oc21. The number of para-hydroxylation sites is 2. The molecule has 8 aromatic rings. The lowest BCUT2D eigenvalue weighted by Crippen LogP contribution is -1.93. The first kappa shape index (κ1) is 17.9. The van der Waals surface area contributed by atoms with Crippen LogP contribution in [0.3, 0.4) is 0 Å². The Labute approximate surface area is 195 Å².